The second kappa shape index (κ2) is 8.21. The van der Waals surface area contributed by atoms with Gasteiger partial charge >= 0.3 is 10.1 Å². The van der Waals surface area contributed by atoms with Crippen LogP contribution in [0.3, 0.4) is 0 Å². The highest BCUT2D eigenvalue weighted by Crippen LogP contribution is 2.31. The summed E-state index contributed by atoms with van der Waals surface area (Å²) in [5, 5.41) is 10.1. The molecule has 1 N–H and O–H groups in total. The number of nitrogens with zero attached hydrogens (tertiary/aromatic N) is 2. The molecule has 0 spiro atoms. The van der Waals surface area contributed by atoms with Gasteiger partial charge in [0, 0.05) is 6.42 Å². The van der Waals surface area contributed by atoms with Gasteiger partial charge in [0.05, 0.1) is 16.6 Å². The summed E-state index contributed by atoms with van der Waals surface area (Å²) in [6, 6.07) is 24.5. The Balaban J connectivity index is 1.80. The Labute approximate surface area is 195 Å². The number of imidazole rings is 1. The zero-order valence-electron chi connectivity index (χ0n) is 18.1. The Morgan fingerprint density at radius 1 is 0.971 bits per heavy atom. The van der Waals surface area contributed by atoms with Crippen LogP contribution in [0, 0.1) is 18.3 Å². The average molecular weight is 470 g/mol. The Morgan fingerprint density at radius 2 is 1.65 bits per heavy atom. The van der Waals surface area contributed by atoms with Crippen LogP contribution in [0.2, 0.25) is 0 Å². The van der Waals surface area contributed by atoms with Gasteiger partial charge in [0.15, 0.2) is 5.75 Å². The van der Waals surface area contributed by atoms with Crippen LogP contribution in [0.1, 0.15) is 22.3 Å². The number of aromatic nitrogens is 2. The van der Waals surface area contributed by atoms with E-state index in [0.717, 1.165) is 11.1 Å². The van der Waals surface area contributed by atoms with E-state index in [0.29, 0.717) is 11.0 Å². The van der Waals surface area contributed by atoms with E-state index in [9.17, 15) is 18.5 Å². The molecule has 0 radical (unpaired) electrons. The molecular formula is C26H19N3O4S. The minimum atomic E-state index is -4.31. The number of fused-ring (bicyclic) bond motifs is 3. The lowest BCUT2D eigenvalue weighted by Crippen LogP contribution is -2.23. The first kappa shape index (κ1) is 21.5. The molecular weight excluding hydrogens is 450 g/mol. The Bertz CT molecular complexity index is 1740. The van der Waals surface area contributed by atoms with Gasteiger partial charge in [-0.1, -0.05) is 60.2 Å². The van der Waals surface area contributed by atoms with Crippen LogP contribution in [0.5, 0.6) is 5.75 Å². The molecule has 0 aliphatic carbocycles. The second-order valence-corrected chi connectivity index (χ2v) is 9.49. The van der Waals surface area contributed by atoms with E-state index in [1.807, 2.05) is 37.3 Å². The number of H-pyrrole nitrogens is 1. The Hall–Kier alpha value is -4.35. The van der Waals surface area contributed by atoms with Crippen molar-refractivity contribution < 1.29 is 12.6 Å². The molecule has 2 heterocycles. The molecule has 8 heteroatoms. The van der Waals surface area contributed by atoms with E-state index < -0.39 is 15.7 Å². The zero-order valence-corrected chi connectivity index (χ0v) is 19.0. The largest absolute Gasteiger partial charge is 0.377 e. The fraction of sp³-hybridized carbons (Fsp3) is 0.0769. The van der Waals surface area contributed by atoms with Crippen LogP contribution in [0.4, 0.5) is 0 Å². The van der Waals surface area contributed by atoms with E-state index in [4.69, 9.17) is 4.18 Å². The maximum absolute atomic E-state index is 13.7. The molecule has 0 saturated carbocycles. The second-order valence-electron chi connectivity index (χ2n) is 7.94. The summed E-state index contributed by atoms with van der Waals surface area (Å²) in [7, 11) is -4.31. The van der Waals surface area contributed by atoms with Crippen LogP contribution in [0.15, 0.2) is 88.6 Å². The number of benzene rings is 3. The molecule has 0 unspecified atom stereocenters. The van der Waals surface area contributed by atoms with Crippen molar-refractivity contribution in [3.63, 3.8) is 0 Å². The molecule has 0 fully saturated rings. The lowest BCUT2D eigenvalue weighted by molar-refractivity contribution is 0.482. The number of hydrogen-bond acceptors (Lipinski definition) is 5. The van der Waals surface area contributed by atoms with Crippen molar-refractivity contribution >= 4 is 26.8 Å². The standard InChI is InChI=1S/C26H19N3O4S/c1-17-11-13-19(14-12-17)34(31,32)33-24-20(15-18-7-3-2-4-8-18)26(30)29-23-10-6-5-9-22(23)28-25(29)21(24)16-27/h2-14,28H,15H2,1H3. The highest BCUT2D eigenvalue weighted by molar-refractivity contribution is 7.87. The molecule has 0 amide bonds. The van der Waals surface area contributed by atoms with E-state index in [1.165, 1.54) is 16.5 Å². The van der Waals surface area contributed by atoms with Gasteiger partial charge in [0.25, 0.3) is 5.56 Å². The maximum Gasteiger partial charge on any atom is 0.339 e. The maximum atomic E-state index is 13.7. The molecule has 2 aromatic heterocycles. The molecule has 0 atom stereocenters. The van der Waals surface area contributed by atoms with Crippen molar-refractivity contribution in [2.75, 3.05) is 0 Å². The third kappa shape index (κ3) is 3.62. The molecule has 3 aromatic carbocycles. The van der Waals surface area contributed by atoms with E-state index in [-0.39, 0.29) is 33.8 Å². The van der Waals surface area contributed by atoms with Gasteiger partial charge in [0.1, 0.15) is 22.2 Å². The van der Waals surface area contributed by atoms with Crippen LogP contribution in [0.25, 0.3) is 16.7 Å². The van der Waals surface area contributed by atoms with E-state index >= 15 is 0 Å². The third-order valence-electron chi connectivity index (χ3n) is 5.66. The van der Waals surface area contributed by atoms with E-state index in [2.05, 4.69) is 11.1 Å². The highest BCUT2D eigenvalue weighted by atomic mass is 32.2. The van der Waals surface area contributed by atoms with E-state index in [1.54, 1.807) is 36.4 Å². The van der Waals surface area contributed by atoms with Crippen LogP contribution in [-0.4, -0.2) is 17.8 Å². The molecule has 7 nitrogen and oxygen atoms in total. The zero-order chi connectivity index (χ0) is 23.9. The van der Waals surface area contributed by atoms with Gasteiger partial charge in [-0.3, -0.25) is 9.20 Å². The molecule has 0 aliphatic heterocycles. The van der Waals surface area contributed by atoms with Gasteiger partial charge in [-0.15, -0.1) is 0 Å². The number of rotatable bonds is 5. The quantitative estimate of drug-likeness (QED) is 0.386. The predicted molar refractivity (Wildman–Crippen MR) is 128 cm³/mol. The first-order valence-corrected chi connectivity index (χ1v) is 11.9. The molecule has 0 bridgehead atoms. The molecule has 34 heavy (non-hydrogen) atoms. The number of pyridine rings is 1. The molecule has 0 aliphatic rings. The van der Waals surface area contributed by atoms with Crippen molar-refractivity contribution in [3.05, 3.63) is 111 Å². The molecule has 5 aromatic rings. The third-order valence-corrected chi connectivity index (χ3v) is 6.89. The number of aryl methyl sites for hydroxylation is 1. The van der Waals surface area contributed by atoms with Gasteiger partial charge in [0.2, 0.25) is 0 Å². The summed E-state index contributed by atoms with van der Waals surface area (Å²) < 4.78 is 33.3. The summed E-state index contributed by atoms with van der Waals surface area (Å²) in [5.74, 6) is -0.261. The number of para-hydroxylation sites is 2. The number of aromatic amines is 1. The normalized spacial score (nSPS) is 11.5. The van der Waals surface area contributed by atoms with Crippen molar-refractivity contribution in [2.45, 2.75) is 18.2 Å². The minimum absolute atomic E-state index is 0.0579. The highest BCUT2D eigenvalue weighted by Gasteiger charge is 2.27. The smallest absolute Gasteiger partial charge is 0.339 e. The molecule has 5 rings (SSSR count). The summed E-state index contributed by atoms with van der Waals surface area (Å²) in [6.07, 6.45) is 0.0928. The summed E-state index contributed by atoms with van der Waals surface area (Å²) in [6.45, 7) is 1.84. The summed E-state index contributed by atoms with van der Waals surface area (Å²) >= 11 is 0. The summed E-state index contributed by atoms with van der Waals surface area (Å²) in [4.78, 5) is 16.7. The lowest BCUT2D eigenvalue weighted by Gasteiger charge is -2.14. The first-order chi connectivity index (χ1) is 16.4. The van der Waals surface area contributed by atoms with Crippen LogP contribution < -0.4 is 9.74 Å². The van der Waals surface area contributed by atoms with Gasteiger partial charge in [-0.2, -0.15) is 13.7 Å². The fourth-order valence-corrected chi connectivity index (χ4v) is 4.94. The minimum Gasteiger partial charge on any atom is -0.377 e. The predicted octanol–water partition coefficient (Wildman–Crippen LogP) is 4.32. The average Bonchev–Trinajstić information content (AvgIpc) is 3.22. The topological polar surface area (TPSA) is 104 Å². The Morgan fingerprint density at radius 3 is 2.35 bits per heavy atom. The van der Waals surface area contributed by atoms with Crippen molar-refractivity contribution in [3.8, 4) is 11.8 Å². The fourth-order valence-electron chi connectivity index (χ4n) is 3.97. The van der Waals surface area contributed by atoms with Crippen LogP contribution in [-0.2, 0) is 16.5 Å². The van der Waals surface area contributed by atoms with Gasteiger partial charge in [-0.25, -0.2) is 0 Å². The molecule has 168 valence electrons. The van der Waals surface area contributed by atoms with Crippen molar-refractivity contribution in [1.29, 1.82) is 5.26 Å². The number of hydrogen-bond donors (Lipinski definition) is 1. The number of nitriles is 1. The number of nitrogens with one attached hydrogen (secondary N) is 1. The SMILES string of the molecule is Cc1ccc(S(=O)(=O)Oc2c(Cc3ccccc3)c(=O)n3c([nH]c4ccccc43)c2C#N)cc1. The van der Waals surface area contributed by atoms with Crippen molar-refractivity contribution in [2.24, 2.45) is 0 Å². The monoisotopic (exact) mass is 469 g/mol. The Kier molecular flexibility index (Phi) is 5.19. The summed E-state index contributed by atoms with van der Waals surface area (Å²) in [5.41, 5.74) is 2.64. The molecule has 0 saturated heterocycles. The van der Waals surface area contributed by atoms with Gasteiger partial charge < -0.3 is 9.17 Å². The van der Waals surface area contributed by atoms with Crippen LogP contribution >= 0.6 is 0 Å². The van der Waals surface area contributed by atoms with Crippen molar-refractivity contribution in [1.82, 2.24) is 9.38 Å². The van der Waals surface area contributed by atoms with Gasteiger partial charge in [-0.05, 0) is 36.8 Å². The first-order valence-electron chi connectivity index (χ1n) is 10.5. The lowest BCUT2D eigenvalue weighted by atomic mass is 10.0.